The van der Waals surface area contributed by atoms with Crippen LogP contribution in [0.1, 0.15) is 15.9 Å². The molecule has 0 aliphatic heterocycles. The van der Waals surface area contributed by atoms with Crippen LogP contribution in [0, 0.1) is 5.82 Å². The van der Waals surface area contributed by atoms with E-state index >= 15 is 0 Å². The Morgan fingerprint density at radius 2 is 2.05 bits per heavy atom. The van der Waals surface area contributed by atoms with Crippen molar-refractivity contribution in [1.29, 1.82) is 0 Å². The Bertz CT molecular complexity index is 795. The number of para-hydroxylation sites is 2. The van der Waals surface area contributed by atoms with E-state index < -0.39 is 11.8 Å². The van der Waals surface area contributed by atoms with Crippen molar-refractivity contribution in [2.24, 2.45) is 0 Å². The van der Waals surface area contributed by atoms with Crippen LogP contribution >= 0.6 is 0 Å². The van der Waals surface area contributed by atoms with Gasteiger partial charge in [-0.25, -0.2) is 14.2 Å². The van der Waals surface area contributed by atoms with Gasteiger partial charge in [0.1, 0.15) is 5.82 Å². The second-order valence-corrected chi connectivity index (χ2v) is 4.47. The van der Waals surface area contributed by atoms with Gasteiger partial charge in [-0.2, -0.15) is 0 Å². The molecular formula is C15H11FN2O2. The summed E-state index contributed by atoms with van der Waals surface area (Å²) < 4.78 is 15.0. The highest BCUT2D eigenvalue weighted by Gasteiger charge is 2.12. The molecule has 3 rings (SSSR count). The lowest BCUT2D eigenvalue weighted by atomic mass is 10.1. The Morgan fingerprint density at radius 3 is 2.85 bits per heavy atom. The van der Waals surface area contributed by atoms with Crippen molar-refractivity contribution in [2.75, 3.05) is 0 Å². The molecule has 0 radical (unpaired) electrons. The molecule has 0 atom stereocenters. The molecule has 5 heteroatoms. The van der Waals surface area contributed by atoms with Crippen molar-refractivity contribution in [3.8, 4) is 0 Å². The summed E-state index contributed by atoms with van der Waals surface area (Å²) in [5.41, 5.74) is 2.27. The van der Waals surface area contributed by atoms with Crippen LogP contribution in [-0.4, -0.2) is 20.6 Å². The first-order valence-corrected chi connectivity index (χ1v) is 6.07. The average molecular weight is 270 g/mol. The van der Waals surface area contributed by atoms with E-state index in [2.05, 4.69) is 4.98 Å². The molecule has 1 heterocycles. The van der Waals surface area contributed by atoms with Gasteiger partial charge in [0.2, 0.25) is 0 Å². The number of aromatic nitrogens is 2. The van der Waals surface area contributed by atoms with Crippen molar-refractivity contribution in [2.45, 2.75) is 6.54 Å². The molecule has 0 bridgehead atoms. The van der Waals surface area contributed by atoms with Crippen LogP contribution in [0.2, 0.25) is 0 Å². The molecule has 1 aromatic heterocycles. The first kappa shape index (κ1) is 12.3. The van der Waals surface area contributed by atoms with Gasteiger partial charge in [0.05, 0.1) is 22.9 Å². The Hall–Kier alpha value is -2.69. The van der Waals surface area contributed by atoms with Crippen molar-refractivity contribution in [3.05, 3.63) is 65.7 Å². The summed E-state index contributed by atoms with van der Waals surface area (Å²) in [7, 11) is 0. The molecule has 0 saturated carbocycles. The zero-order valence-corrected chi connectivity index (χ0v) is 10.5. The van der Waals surface area contributed by atoms with Crippen LogP contribution in [0.4, 0.5) is 4.39 Å². The van der Waals surface area contributed by atoms with Crippen LogP contribution in [0.5, 0.6) is 0 Å². The zero-order valence-electron chi connectivity index (χ0n) is 10.5. The highest BCUT2D eigenvalue weighted by Crippen LogP contribution is 2.17. The fourth-order valence-electron chi connectivity index (χ4n) is 2.21. The van der Waals surface area contributed by atoms with Gasteiger partial charge in [0, 0.05) is 6.54 Å². The average Bonchev–Trinajstić information content (AvgIpc) is 2.84. The highest BCUT2D eigenvalue weighted by atomic mass is 19.1. The van der Waals surface area contributed by atoms with Gasteiger partial charge in [-0.3, -0.25) is 0 Å². The number of rotatable bonds is 3. The van der Waals surface area contributed by atoms with E-state index in [0.717, 1.165) is 17.1 Å². The summed E-state index contributed by atoms with van der Waals surface area (Å²) in [6, 6.07) is 11.4. The maximum absolute atomic E-state index is 13.2. The van der Waals surface area contributed by atoms with Crippen LogP contribution in [0.3, 0.4) is 0 Å². The number of halogens is 1. The number of carbonyl (C=O) groups is 1. The van der Waals surface area contributed by atoms with Gasteiger partial charge >= 0.3 is 5.97 Å². The summed E-state index contributed by atoms with van der Waals surface area (Å²) in [5, 5.41) is 9.14. The number of fused-ring (bicyclic) bond motifs is 1. The van der Waals surface area contributed by atoms with E-state index in [-0.39, 0.29) is 5.56 Å². The quantitative estimate of drug-likeness (QED) is 0.796. The Kier molecular flexibility index (Phi) is 2.95. The standard InChI is InChI=1S/C15H11FN2O2/c16-11-6-5-10(12(7-11)15(19)20)8-18-9-17-13-3-1-2-4-14(13)18/h1-7,9H,8H2,(H,19,20). The summed E-state index contributed by atoms with van der Waals surface area (Å²) in [5.74, 6) is -1.69. The Morgan fingerprint density at radius 1 is 1.25 bits per heavy atom. The molecule has 0 amide bonds. The number of imidazole rings is 1. The summed E-state index contributed by atoms with van der Waals surface area (Å²) in [6.07, 6.45) is 1.65. The fourth-order valence-corrected chi connectivity index (χ4v) is 2.21. The lowest BCUT2D eigenvalue weighted by Crippen LogP contribution is -2.07. The topological polar surface area (TPSA) is 55.1 Å². The minimum atomic E-state index is -1.14. The third-order valence-corrected chi connectivity index (χ3v) is 3.17. The molecule has 0 aliphatic carbocycles. The Labute approximate surface area is 114 Å². The second-order valence-electron chi connectivity index (χ2n) is 4.47. The molecule has 3 aromatic rings. The third kappa shape index (κ3) is 2.14. The van der Waals surface area contributed by atoms with E-state index in [9.17, 15) is 9.18 Å². The SMILES string of the molecule is O=C(O)c1cc(F)ccc1Cn1cnc2ccccc21. The first-order valence-electron chi connectivity index (χ1n) is 6.07. The van der Waals surface area contributed by atoms with Gasteiger partial charge in [-0.1, -0.05) is 18.2 Å². The molecule has 1 N–H and O–H groups in total. The fraction of sp³-hybridized carbons (Fsp3) is 0.0667. The molecule has 0 spiro atoms. The number of nitrogens with zero attached hydrogens (tertiary/aromatic N) is 2. The molecule has 100 valence electrons. The van der Waals surface area contributed by atoms with Gasteiger partial charge in [0.15, 0.2) is 0 Å². The van der Waals surface area contributed by atoms with Crippen molar-refractivity contribution < 1.29 is 14.3 Å². The molecule has 2 aromatic carbocycles. The number of hydrogen-bond donors (Lipinski definition) is 1. The molecule has 4 nitrogen and oxygen atoms in total. The highest BCUT2D eigenvalue weighted by molar-refractivity contribution is 5.89. The first-order chi connectivity index (χ1) is 9.65. The summed E-state index contributed by atoms with van der Waals surface area (Å²) in [6.45, 7) is 0.336. The van der Waals surface area contributed by atoms with Crippen LogP contribution in [0.15, 0.2) is 48.8 Å². The number of carboxylic acid groups (broad SMARTS) is 1. The molecular weight excluding hydrogens is 259 g/mol. The normalized spacial score (nSPS) is 10.8. The number of benzene rings is 2. The summed E-state index contributed by atoms with van der Waals surface area (Å²) >= 11 is 0. The van der Waals surface area contributed by atoms with Crippen molar-refractivity contribution >= 4 is 17.0 Å². The van der Waals surface area contributed by atoms with Gasteiger partial charge in [0.25, 0.3) is 0 Å². The van der Waals surface area contributed by atoms with E-state index in [1.165, 1.54) is 12.1 Å². The molecule has 20 heavy (non-hydrogen) atoms. The number of carboxylic acids is 1. The van der Waals surface area contributed by atoms with Crippen LogP contribution in [-0.2, 0) is 6.54 Å². The van der Waals surface area contributed by atoms with E-state index in [1.54, 1.807) is 6.33 Å². The van der Waals surface area contributed by atoms with Crippen LogP contribution < -0.4 is 0 Å². The van der Waals surface area contributed by atoms with Gasteiger partial charge in [-0.15, -0.1) is 0 Å². The van der Waals surface area contributed by atoms with E-state index in [1.807, 2.05) is 28.8 Å². The number of aromatic carboxylic acids is 1. The smallest absolute Gasteiger partial charge is 0.336 e. The monoisotopic (exact) mass is 270 g/mol. The van der Waals surface area contributed by atoms with Gasteiger partial charge < -0.3 is 9.67 Å². The maximum Gasteiger partial charge on any atom is 0.336 e. The minimum absolute atomic E-state index is 0.0252. The van der Waals surface area contributed by atoms with Crippen molar-refractivity contribution in [3.63, 3.8) is 0 Å². The predicted molar refractivity (Wildman–Crippen MR) is 72.2 cm³/mol. The number of hydrogen-bond acceptors (Lipinski definition) is 2. The lowest BCUT2D eigenvalue weighted by Gasteiger charge is -2.08. The summed E-state index contributed by atoms with van der Waals surface area (Å²) in [4.78, 5) is 15.4. The third-order valence-electron chi connectivity index (χ3n) is 3.17. The van der Waals surface area contributed by atoms with E-state index in [0.29, 0.717) is 12.1 Å². The predicted octanol–water partition coefficient (Wildman–Crippen LogP) is 2.92. The molecule has 0 aliphatic rings. The van der Waals surface area contributed by atoms with E-state index in [4.69, 9.17) is 5.11 Å². The second kappa shape index (κ2) is 4.77. The zero-order chi connectivity index (χ0) is 14.1. The molecule has 0 unspecified atom stereocenters. The molecule has 0 saturated heterocycles. The molecule has 0 fully saturated rings. The van der Waals surface area contributed by atoms with Crippen LogP contribution in [0.25, 0.3) is 11.0 Å². The van der Waals surface area contributed by atoms with Gasteiger partial charge in [-0.05, 0) is 29.8 Å². The maximum atomic E-state index is 13.2. The Balaban J connectivity index is 2.05. The van der Waals surface area contributed by atoms with Crippen molar-refractivity contribution in [1.82, 2.24) is 9.55 Å². The minimum Gasteiger partial charge on any atom is -0.478 e. The lowest BCUT2D eigenvalue weighted by molar-refractivity contribution is 0.0695. The largest absolute Gasteiger partial charge is 0.478 e.